The van der Waals surface area contributed by atoms with Gasteiger partial charge in [0.15, 0.2) is 0 Å². The molecule has 0 saturated heterocycles. The van der Waals surface area contributed by atoms with Gasteiger partial charge in [-0.3, -0.25) is 13.9 Å². The second kappa shape index (κ2) is 14.5. The number of aryl methyl sites for hydroxylation is 1. The van der Waals surface area contributed by atoms with E-state index >= 15 is 0 Å². The summed E-state index contributed by atoms with van der Waals surface area (Å²) in [5.41, 5.74) is 1.75. The molecule has 3 aromatic carbocycles. The van der Waals surface area contributed by atoms with Crippen molar-refractivity contribution in [3.63, 3.8) is 0 Å². The molecular formula is C30H35Cl2N3O4S. The Labute approximate surface area is 247 Å². The molecule has 0 aromatic heterocycles. The lowest BCUT2D eigenvalue weighted by molar-refractivity contribution is -0.140. The molecule has 0 aliphatic carbocycles. The van der Waals surface area contributed by atoms with E-state index in [-0.39, 0.29) is 17.3 Å². The molecule has 3 rings (SSSR count). The summed E-state index contributed by atoms with van der Waals surface area (Å²) in [5, 5.41) is 3.59. The number of anilines is 1. The Morgan fingerprint density at radius 3 is 2.10 bits per heavy atom. The maximum atomic E-state index is 14.1. The highest BCUT2D eigenvalue weighted by Crippen LogP contribution is 2.29. The van der Waals surface area contributed by atoms with Gasteiger partial charge in [-0.05, 0) is 56.2 Å². The van der Waals surface area contributed by atoms with E-state index < -0.39 is 28.5 Å². The van der Waals surface area contributed by atoms with Gasteiger partial charge in [-0.1, -0.05) is 85.4 Å². The van der Waals surface area contributed by atoms with Crippen LogP contribution in [0.25, 0.3) is 0 Å². The third-order valence-electron chi connectivity index (χ3n) is 6.54. The Hall–Kier alpha value is -3.07. The molecule has 0 saturated carbocycles. The lowest BCUT2D eigenvalue weighted by Gasteiger charge is -2.33. The molecular weight excluding hydrogens is 569 g/mol. The Kier molecular flexibility index (Phi) is 11.4. The smallest absolute Gasteiger partial charge is 0.264 e. The SMILES string of the molecule is CCCCNC(=O)C(CC)N(Cc1c(Cl)cccc1Cl)C(=O)CN(c1ccc(C)cc1)S(=O)(=O)c1ccccc1. The second-order valence-corrected chi connectivity index (χ2v) is 12.1. The molecule has 0 aliphatic rings. The Balaban J connectivity index is 2.06. The van der Waals surface area contributed by atoms with E-state index in [4.69, 9.17) is 23.2 Å². The van der Waals surface area contributed by atoms with Crippen molar-refractivity contribution < 1.29 is 18.0 Å². The Morgan fingerprint density at radius 1 is 0.900 bits per heavy atom. The summed E-state index contributed by atoms with van der Waals surface area (Å²) in [6, 6.07) is 19.0. The van der Waals surface area contributed by atoms with Crippen LogP contribution >= 0.6 is 23.2 Å². The molecule has 7 nitrogen and oxygen atoms in total. The van der Waals surface area contributed by atoms with E-state index in [9.17, 15) is 18.0 Å². The first-order chi connectivity index (χ1) is 19.1. The zero-order chi connectivity index (χ0) is 29.3. The predicted molar refractivity (Wildman–Crippen MR) is 161 cm³/mol. The van der Waals surface area contributed by atoms with E-state index in [1.807, 2.05) is 13.8 Å². The lowest BCUT2D eigenvalue weighted by Crippen LogP contribution is -2.52. The van der Waals surface area contributed by atoms with Crippen molar-refractivity contribution >= 4 is 50.7 Å². The number of nitrogens with zero attached hydrogens (tertiary/aromatic N) is 2. The molecule has 0 spiro atoms. The predicted octanol–water partition coefficient (Wildman–Crippen LogP) is 6.22. The van der Waals surface area contributed by atoms with Crippen molar-refractivity contribution in [2.75, 3.05) is 17.4 Å². The van der Waals surface area contributed by atoms with Gasteiger partial charge in [-0.25, -0.2) is 8.42 Å². The summed E-state index contributed by atoms with van der Waals surface area (Å²) in [5.74, 6) is -0.881. The van der Waals surface area contributed by atoms with E-state index in [1.165, 1.54) is 17.0 Å². The van der Waals surface area contributed by atoms with Crippen LogP contribution in [0, 0.1) is 6.92 Å². The number of sulfonamides is 1. The van der Waals surface area contributed by atoms with Crippen molar-refractivity contribution in [2.24, 2.45) is 0 Å². The van der Waals surface area contributed by atoms with Gasteiger partial charge in [0.1, 0.15) is 12.6 Å². The standard InChI is InChI=1S/C30H35Cl2N3O4S/c1-4-6-19-33-30(37)28(5-2)34(20-25-26(31)13-10-14-27(25)32)29(36)21-35(23-17-15-22(3)16-18-23)40(38,39)24-11-8-7-9-12-24/h7-18,28H,4-6,19-21H2,1-3H3,(H,33,37). The van der Waals surface area contributed by atoms with Crippen molar-refractivity contribution in [3.05, 3.63) is 94.0 Å². The van der Waals surface area contributed by atoms with E-state index in [0.717, 1.165) is 22.7 Å². The number of benzene rings is 3. The van der Waals surface area contributed by atoms with Gasteiger partial charge in [0.25, 0.3) is 10.0 Å². The van der Waals surface area contributed by atoms with Crippen LogP contribution < -0.4 is 9.62 Å². The van der Waals surface area contributed by atoms with E-state index in [1.54, 1.807) is 67.6 Å². The van der Waals surface area contributed by atoms with Gasteiger partial charge in [0.05, 0.1) is 10.6 Å². The van der Waals surface area contributed by atoms with Crippen molar-refractivity contribution in [1.82, 2.24) is 10.2 Å². The first-order valence-corrected chi connectivity index (χ1v) is 15.4. The van der Waals surface area contributed by atoms with Gasteiger partial charge in [0.2, 0.25) is 11.8 Å². The number of hydrogen-bond acceptors (Lipinski definition) is 4. The van der Waals surface area contributed by atoms with Gasteiger partial charge in [-0.2, -0.15) is 0 Å². The summed E-state index contributed by atoms with van der Waals surface area (Å²) >= 11 is 12.9. The zero-order valence-corrected chi connectivity index (χ0v) is 25.3. The molecule has 1 atom stereocenters. The minimum atomic E-state index is -4.12. The average Bonchev–Trinajstić information content (AvgIpc) is 2.94. The summed E-state index contributed by atoms with van der Waals surface area (Å²) in [6.45, 7) is 5.59. The maximum absolute atomic E-state index is 14.1. The number of hydrogen-bond donors (Lipinski definition) is 1. The summed E-state index contributed by atoms with van der Waals surface area (Å²) in [4.78, 5) is 28.8. The molecule has 0 heterocycles. The summed E-state index contributed by atoms with van der Waals surface area (Å²) in [7, 11) is -4.12. The van der Waals surface area contributed by atoms with Gasteiger partial charge in [0, 0.05) is 28.7 Å². The fourth-order valence-corrected chi connectivity index (χ4v) is 6.19. The van der Waals surface area contributed by atoms with Gasteiger partial charge < -0.3 is 10.2 Å². The maximum Gasteiger partial charge on any atom is 0.264 e. The number of carbonyl (C=O) groups excluding carboxylic acids is 2. The fraction of sp³-hybridized carbons (Fsp3) is 0.333. The molecule has 1 unspecified atom stereocenters. The average molecular weight is 605 g/mol. The van der Waals surface area contributed by atoms with Crippen molar-refractivity contribution in [1.29, 1.82) is 0 Å². The molecule has 2 amide bonds. The normalized spacial score (nSPS) is 12.0. The van der Waals surface area contributed by atoms with Crippen LogP contribution in [0.5, 0.6) is 0 Å². The first kappa shape index (κ1) is 31.5. The molecule has 0 bridgehead atoms. The van der Waals surface area contributed by atoms with Crippen LogP contribution in [-0.4, -0.2) is 44.3 Å². The van der Waals surface area contributed by atoms with Crippen LogP contribution in [-0.2, 0) is 26.2 Å². The molecule has 214 valence electrons. The molecule has 0 fully saturated rings. The number of nitrogens with one attached hydrogen (secondary N) is 1. The quantitative estimate of drug-likeness (QED) is 0.235. The third kappa shape index (κ3) is 7.77. The number of halogens is 2. The van der Waals surface area contributed by atoms with Crippen LogP contribution in [0.15, 0.2) is 77.7 Å². The van der Waals surface area contributed by atoms with Crippen molar-refractivity contribution in [2.45, 2.75) is 57.5 Å². The lowest BCUT2D eigenvalue weighted by atomic mass is 10.1. The monoisotopic (exact) mass is 603 g/mol. The molecule has 1 N–H and O–H groups in total. The minimum Gasteiger partial charge on any atom is -0.354 e. The number of unbranched alkanes of at least 4 members (excludes halogenated alkanes) is 1. The zero-order valence-electron chi connectivity index (χ0n) is 22.9. The fourth-order valence-electron chi connectivity index (χ4n) is 4.24. The van der Waals surface area contributed by atoms with Crippen LogP contribution in [0.1, 0.15) is 44.2 Å². The number of rotatable bonds is 13. The van der Waals surface area contributed by atoms with E-state index in [0.29, 0.717) is 34.3 Å². The highest BCUT2D eigenvalue weighted by Gasteiger charge is 2.34. The topological polar surface area (TPSA) is 86.8 Å². The molecule has 40 heavy (non-hydrogen) atoms. The summed E-state index contributed by atoms with van der Waals surface area (Å²) < 4.78 is 28.7. The largest absolute Gasteiger partial charge is 0.354 e. The van der Waals surface area contributed by atoms with Crippen LogP contribution in [0.2, 0.25) is 10.0 Å². The number of carbonyl (C=O) groups is 2. The molecule has 0 aliphatic heterocycles. The first-order valence-electron chi connectivity index (χ1n) is 13.2. The Morgan fingerprint density at radius 2 is 1.52 bits per heavy atom. The molecule has 0 radical (unpaired) electrons. The summed E-state index contributed by atoms with van der Waals surface area (Å²) in [6.07, 6.45) is 2.00. The second-order valence-electron chi connectivity index (χ2n) is 9.45. The van der Waals surface area contributed by atoms with Crippen LogP contribution in [0.3, 0.4) is 0 Å². The van der Waals surface area contributed by atoms with Gasteiger partial charge >= 0.3 is 0 Å². The third-order valence-corrected chi connectivity index (χ3v) is 9.03. The highest BCUT2D eigenvalue weighted by atomic mass is 35.5. The highest BCUT2D eigenvalue weighted by molar-refractivity contribution is 7.92. The Bertz CT molecular complexity index is 1380. The molecule has 3 aromatic rings. The number of amides is 2. The minimum absolute atomic E-state index is 0.0495. The van der Waals surface area contributed by atoms with Gasteiger partial charge in [-0.15, -0.1) is 0 Å². The van der Waals surface area contributed by atoms with Crippen LogP contribution in [0.4, 0.5) is 5.69 Å². The van der Waals surface area contributed by atoms with Crippen molar-refractivity contribution in [3.8, 4) is 0 Å². The van der Waals surface area contributed by atoms with E-state index in [2.05, 4.69) is 5.32 Å². The molecule has 10 heteroatoms.